The van der Waals surface area contributed by atoms with E-state index in [9.17, 15) is 0 Å². The first-order valence-electron chi connectivity index (χ1n) is 9.58. The lowest BCUT2D eigenvalue weighted by molar-refractivity contribution is -0.134. The summed E-state index contributed by atoms with van der Waals surface area (Å²) >= 11 is 0. The molecular formula is C24H26N2O2. The molecule has 0 bridgehead atoms. The molecular weight excluding hydrogens is 348 g/mol. The first-order valence-corrected chi connectivity index (χ1v) is 9.58. The summed E-state index contributed by atoms with van der Waals surface area (Å²) in [5, 5.41) is 10.9. The predicted molar refractivity (Wildman–Crippen MR) is 112 cm³/mol. The summed E-state index contributed by atoms with van der Waals surface area (Å²) in [4.78, 5) is 13.1. The van der Waals surface area contributed by atoms with Crippen LogP contribution >= 0.6 is 0 Å². The van der Waals surface area contributed by atoms with Gasteiger partial charge < -0.3 is 10.4 Å². The van der Waals surface area contributed by atoms with Crippen LogP contribution in [0.5, 0.6) is 0 Å². The number of carboxylic acid groups (broad SMARTS) is 1. The summed E-state index contributed by atoms with van der Waals surface area (Å²) < 4.78 is 0. The maximum absolute atomic E-state index is 9.00. The number of carbonyl (C=O) groups is 1. The molecule has 4 rings (SSSR count). The summed E-state index contributed by atoms with van der Waals surface area (Å²) in [6, 6.07) is 24.2. The molecule has 0 saturated carbocycles. The quantitative estimate of drug-likeness (QED) is 0.708. The SMILES string of the molecule is CC(=O)O.c1ccc(C2(c3ccc(-c4ccncc4)cc3)CCNCC2)cc1. The molecule has 28 heavy (non-hydrogen) atoms. The molecule has 1 aromatic heterocycles. The Labute approximate surface area is 166 Å². The van der Waals surface area contributed by atoms with Crippen molar-refractivity contribution in [3.05, 3.63) is 90.3 Å². The largest absolute Gasteiger partial charge is 0.481 e. The van der Waals surface area contributed by atoms with E-state index in [1.54, 1.807) is 0 Å². The summed E-state index contributed by atoms with van der Waals surface area (Å²) in [5.41, 5.74) is 5.45. The molecule has 1 fully saturated rings. The van der Waals surface area contributed by atoms with Crippen molar-refractivity contribution in [1.82, 2.24) is 10.3 Å². The molecule has 2 aromatic carbocycles. The van der Waals surface area contributed by atoms with E-state index in [2.05, 4.69) is 77.0 Å². The number of piperidine rings is 1. The monoisotopic (exact) mass is 374 g/mol. The van der Waals surface area contributed by atoms with Gasteiger partial charge in [0.05, 0.1) is 0 Å². The Bertz CT molecular complexity index is 867. The average Bonchev–Trinajstić information content (AvgIpc) is 2.75. The van der Waals surface area contributed by atoms with Gasteiger partial charge in [-0.05, 0) is 60.3 Å². The first-order chi connectivity index (χ1) is 13.6. The maximum atomic E-state index is 9.00. The Kier molecular flexibility index (Phi) is 6.56. The Hall–Kier alpha value is -2.98. The molecule has 4 nitrogen and oxygen atoms in total. The van der Waals surface area contributed by atoms with Crippen molar-refractivity contribution in [2.45, 2.75) is 25.2 Å². The molecule has 0 radical (unpaired) electrons. The summed E-state index contributed by atoms with van der Waals surface area (Å²) in [6.45, 7) is 3.22. The van der Waals surface area contributed by atoms with E-state index < -0.39 is 5.97 Å². The second-order valence-corrected chi connectivity index (χ2v) is 7.03. The highest BCUT2D eigenvalue weighted by Gasteiger charge is 2.35. The molecule has 2 N–H and O–H groups in total. The normalized spacial score (nSPS) is 15.2. The van der Waals surface area contributed by atoms with E-state index in [0.717, 1.165) is 32.9 Å². The molecule has 1 aliphatic rings. The van der Waals surface area contributed by atoms with E-state index in [4.69, 9.17) is 9.90 Å². The lowest BCUT2D eigenvalue weighted by Gasteiger charge is -2.39. The Morgan fingerprint density at radius 3 is 1.93 bits per heavy atom. The number of hydrogen-bond acceptors (Lipinski definition) is 3. The molecule has 0 amide bonds. The summed E-state index contributed by atoms with van der Waals surface area (Å²) in [5.74, 6) is -0.833. The minimum Gasteiger partial charge on any atom is -0.481 e. The van der Waals surface area contributed by atoms with Gasteiger partial charge >= 0.3 is 0 Å². The van der Waals surface area contributed by atoms with Gasteiger partial charge in [0, 0.05) is 24.7 Å². The van der Waals surface area contributed by atoms with Crippen molar-refractivity contribution in [1.29, 1.82) is 0 Å². The highest BCUT2D eigenvalue weighted by molar-refractivity contribution is 5.63. The number of aliphatic carboxylic acids is 1. The number of hydrogen-bond donors (Lipinski definition) is 2. The van der Waals surface area contributed by atoms with Gasteiger partial charge in [-0.1, -0.05) is 54.6 Å². The van der Waals surface area contributed by atoms with Crippen molar-refractivity contribution < 1.29 is 9.90 Å². The fraction of sp³-hybridized carbons (Fsp3) is 0.250. The minimum absolute atomic E-state index is 0.128. The standard InChI is InChI=1S/C22H22N2.C2H4O2/c1-2-4-20(5-3-1)22(12-16-24-17-13-22)21-8-6-18(7-9-21)19-10-14-23-15-11-19;1-2(3)4/h1-11,14-15,24H,12-13,16-17H2;1H3,(H,3,4). The van der Waals surface area contributed by atoms with E-state index >= 15 is 0 Å². The Morgan fingerprint density at radius 1 is 0.857 bits per heavy atom. The van der Waals surface area contributed by atoms with Gasteiger partial charge in [-0.2, -0.15) is 0 Å². The third-order valence-electron chi connectivity index (χ3n) is 5.23. The van der Waals surface area contributed by atoms with Gasteiger partial charge in [0.25, 0.3) is 5.97 Å². The van der Waals surface area contributed by atoms with Gasteiger partial charge in [-0.15, -0.1) is 0 Å². The van der Waals surface area contributed by atoms with Gasteiger partial charge in [-0.3, -0.25) is 9.78 Å². The van der Waals surface area contributed by atoms with Gasteiger partial charge in [0.15, 0.2) is 0 Å². The van der Waals surface area contributed by atoms with Crippen molar-refractivity contribution in [3.8, 4) is 11.1 Å². The van der Waals surface area contributed by atoms with Crippen molar-refractivity contribution in [2.75, 3.05) is 13.1 Å². The molecule has 144 valence electrons. The topological polar surface area (TPSA) is 62.2 Å². The van der Waals surface area contributed by atoms with Crippen LogP contribution in [0.4, 0.5) is 0 Å². The fourth-order valence-corrected chi connectivity index (χ4v) is 3.88. The molecule has 2 heterocycles. The second kappa shape index (κ2) is 9.29. The van der Waals surface area contributed by atoms with Crippen LogP contribution in [-0.2, 0) is 10.2 Å². The average molecular weight is 374 g/mol. The van der Waals surface area contributed by atoms with Crippen LogP contribution in [0.15, 0.2) is 79.1 Å². The number of pyridine rings is 1. The molecule has 3 aromatic rings. The zero-order chi connectivity index (χ0) is 19.8. The zero-order valence-corrected chi connectivity index (χ0v) is 16.1. The fourth-order valence-electron chi connectivity index (χ4n) is 3.88. The van der Waals surface area contributed by atoms with E-state index in [1.165, 1.54) is 22.3 Å². The number of rotatable bonds is 3. The highest BCUT2D eigenvalue weighted by atomic mass is 16.4. The van der Waals surface area contributed by atoms with Gasteiger partial charge in [0.2, 0.25) is 0 Å². The number of nitrogens with one attached hydrogen (secondary N) is 1. The van der Waals surface area contributed by atoms with Crippen LogP contribution in [0.1, 0.15) is 30.9 Å². The number of aromatic nitrogens is 1. The van der Waals surface area contributed by atoms with Gasteiger partial charge in [0.1, 0.15) is 0 Å². The van der Waals surface area contributed by atoms with E-state index in [-0.39, 0.29) is 5.41 Å². The number of nitrogens with zero attached hydrogens (tertiary/aromatic N) is 1. The van der Waals surface area contributed by atoms with Crippen LogP contribution in [0.25, 0.3) is 11.1 Å². The van der Waals surface area contributed by atoms with Crippen LogP contribution < -0.4 is 5.32 Å². The first kappa shape index (κ1) is 19.8. The number of benzene rings is 2. The molecule has 1 saturated heterocycles. The third-order valence-corrected chi connectivity index (χ3v) is 5.23. The van der Waals surface area contributed by atoms with Crippen molar-refractivity contribution in [3.63, 3.8) is 0 Å². The number of carboxylic acids is 1. The van der Waals surface area contributed by atoms with E-state index in [0.29, 0.717) is 0 Å². The predicted octanol–water partition coefficient (Wildman–Crippen LogP) is 4.51. The molecule has 0 spiro atoms. The summed E-state index contributed by atoms with van der Waals surface area (Å²) in [6.07, 6.45) is 5.99. The van der Waals surface area contributed by atoms with Crippen LogP contribution in [0.3, 0.4) is 0 Å². The molecule has 1 aliphatic heterocycles. The van der Waals surface area contributed by atoms with Crippen LogP contribution in [-0.4, -0.2) is 29.1 Å². The second-order valence-electron chi connectivity index (χ2n) is 7.03. The summed E-state index contributed by atoms with van der Waals surface area (Å²) in [7, 11) is 0. The van der Waals surface area contributed by atoms with Gasteiger partial charge in [-0.25, -0.2) is 0 Å². The maximum Gasteiger partial charge on any atom is 0.300 e. The molecule has 0 aliphatic carbocycles. The Balaban J connectivity index is 0.000000516. The molecule has 4 heteroatoms. The molecule has 0 atom stereocenters. The van der Waals surface area contributed by atoms with E-state index in [1.807, 2.05) is 12.4 Å². The van der Waals surface area contributed by atoms with Crippen LogP contribution in [0.2, 0.25) is 0 Å². The minimum atomic E-state index is -0.833. The lowest BCUT2D eigenvalue weighted by atomic mass is 9.68. The van der Waals surface area contributed by atoms with Crippen molar-refractivity contribution >= 4 is 5.97 Å². The highest BCUT2D eigenvalue weighted by Crippen LogP contribution is 2.40. The smallest absolute Gasteiger partial charge is 0.300 e. The van der Waals surface area contributed by atoms with Crippen LogP contribution in [0, 0.1) is 0 Å². The zero-order valence-electron chi connectivity index (χ0n) is 16.1. The third kappa shape index (κ3) is 4.65. The lowest BCUT2D eigenvalue weighted by Crippen LogP contribution is -2.40. The van der Waals surface area contributed by atoms with Crippen molar-refractivity contribution in [2.24, 2.45) is 0 Å². The molecule has 0 unspecified atom stereocenters. The Morgan fingerprint density at radius 2 is 1.36 bits per heavy atom.